The van der Waals surface area contributed by atoms with Gasteiger partial charge in [-0.1, -0.05) is 28.1 Å². The zero-order valence-corrected chi connectivity index (χ0v) is 10.4. The van der Waals surface area contributed by atoms with Crippen LogP contribution in [0.4, 0.5) is 0 Å². The minimum atomic E-state index is -1.17. The van der Waals surface area contributed by atoms with Crippen LogP contribution in [0.15, 0.2) is 28.7 Å². The monoisotopic (exact) mass is 302 g/mol. The first kappa shape index (κ1) is 13.1. The van der Waals surface area contributed by atoms with Crippen molar-refractivity contribution in [2.45, 2.75) is 11.5 Å². The van der Waals surface area contributed by atoms with Crippen molar-refractivity contribution in [3.05, 3.63) is 39.8 Å². The van der Waals surface area contributed by atoms with Gasteiger partial charge in [-0.25, -0.2) is 0 Å². The van der Waals surface area contributed by atoms with E-state index in [0.29, 0.717) is 11.8 Å². The Kier molecular flexibility index (Phi) is 4.83. The van der Waals surface area contributed by atoms with Gasteiger partial charge in [-0.3, -0.25) is 4.79 Å². The highest BCUT2D eigenvalue weighted by molar-refractivity contribution is 9.10. The van der Waals surface area contributed by atoms with E-state index in [1.165, 1.54) is 0 Å². The van der Waals surface area contributed by atoms with Crippen LogP contribution in [-0.4, -0.2) is 27.3 Å². The highest BCUT2D eigenvalue weighted by atomic mass is 79.9. The van der Waals surface area contributed by atoms with Crippen LogP contribution in [0.2, 0.25) is 0 Å². The van der Waals surface area contributed by atoms with Gasteiger partial charge in [-0.05, 0) is 17.7 Å². The third kappa shape index (κ3) is 3.25. The highest BCUT2D eigenvalue weighted by Gasteiger charge is 2.26. The number of aliphatic hydroxyl groups is 1. The average molecular weight is 304 g/mol. The predicted octanol–water partition coefficient (Wildman–Crippen LogP) is 1.96. The molecule has 1 aromatic rings. The van der Waals surface area contributed by atoms with Crippen molar-refractivity contribution in [1.29, 1.82) is 0 Å². The van der Waals surface area contributed by atoms with Gasteiger partial charge in [-0.15, -0.1) is 11.6 Å². The minimum Gasteiger partial charge on any atom is -0.386 e. The van der Waals surface area contributed by atoms with Gasteiger partial charge in [0.25, 0.3) is 5.78 Å². The second-order valence-electron chi connectivity index (χ2n) is 3.05. The summed E-state index contributed by atoms with van der Waals surface area (Å²) in [7, 11) is 0. The van der Waals surface area contributed by atoms with E-state index in [2.05, 4.69) is 20.7 Å². The molecule has 0 saturated heterocycles. The molecule has 0 aliphatic rings. The normalized spacial score (nSPS) is 13.7. The minimum absolute atomic E-state index is 0.517. The number of nitrogens with zero attached hydrogens (tertiary/aromatic N) is 2. The van der Waals surface area contributed by atoms with Gasteiger partial charge in [0, 0.05) is 4.47 Å². The lowest BCUT2D eigenvalue weighted by Gasteiger charge is -2.13. The summed E-state index contributed by atoms with van der Waals surface area (Å²) < 4.78 is 0.859. The summed E-state index contributed by atoms with van der Waals surface area (Å²) in [5.74, 6) is -0.653. The number of rotatable bonds is 4. The largest absolute Gasteiger partial charge is 0.386 e. The molecule has 84 valence electrons. The second kappa shape index (κ2) is 5.92. The number of Topliss-reactive ketones (excluding diaryl/α,β-unsaturated/α-hetero) is 1. The van der Waals surface area contributed by atoms with Gasteiger partial charge in [0.05, 0.1) is 0 Å². The number of carbonyl (C=O) groups is 1. The lowest BCUT2D eigenvalue weighted by atomic mass is 10.0. The summed E-state index contributed by atoms with van der Waals surface area (Å²) >= 11 is 8.97. The number of hydrogen-bond acceptors (Lipinski definition) is 2. The van der Waals surface area contributed by atoms with E-state index in [9.17, 15) is 9.90 Å². The first-order valence-corrected chi connectivity index (χ1v) is 5.58. The summed E-state index contributed by atoms with van der Waals surface area (Å²) in [4.78, 5) is 13.8. The van der Waals surface area contributed by atoms with Gasteiger partial charge in [-0.2, -0.15) is 4.79 Å². The molecule has 1 rings (SSSR count). The molecule has 1 aromatic carbocycles. The molecule has 0 fully saturated rings. The van der Waals surface area contributed by atoms with Crippen molar-refractivity contribution in [1.82, 2.24) is 0 Å². The Morgan fingerprint density at radius 2 is 2.06 bits per heavy atom. The molecule has 0 radical (unpaired) electrons. The van der Waals surface area contributed by atoms with Crippen LogP contribution in [0, 0.1) is 0 Å². The molecule has 0 aliphatic carbocycles. The standard InChI is InChI=1S/C10H8BrClN2O2/c11-7-3-1-6(2-4-7)10(16)9(12)8(15)5-14-13/h1-5,9-10,16H/t9-,10+/m1/s1. The zero-order chi connectivity index (χ0) is 12.1. The number of ketones is 1. The van der Waals surface area contributed by atoms with Crippen LogP contribution >= 0.6 is 27.5 Å². The van der Waals surface area contributed by atoms with Crippen molar-refractivity contribution in [2.24, 2.45) is 0 Å². The Balaban J connectivity index is 2.85. The fraction of sp³-hybridized carbons (Fsp3) is 0.200. The third-order valence-corrected chi connectivity index (χ3v) is 2.93. The molecule has 2 atom stereocenters. The van der Waals surface area contributed by atoms with Crippen LogP contribution in [-0.2, 0) is 4.79 Å². The third-order valence-electron chi connectivity index (χ3n) is 1.95. The first-order chi connectivity index (χ1) is 7.56. The van der Waals surface area contributed by atoms with Gasteiger partial charge >= 0.3 is 6.21 Å². The molecule has 4 nitrogen and oxygen atoms in total. The van der Waals surface area contributed by atoms with E-state index in [1.54, 1.807) is 24.3 Å². The van der Waals surface area contributed by atoms with E-state index in [-0.39, 0.29) is 0 Å². The van der Waals surface area contributed by atoms with Crippen LogP contribution in [0.25, 0.3) is 5.53 Å². The zero-order valence-electron chi connectivity index (χ0n) is 8.05. The van der Waals surface area contributed by atoms with E-state index in [4.69, 9.17) is 17.1 Å². The number of carbonyl (C=O) groups excluding carboxylic acids is 1. The molecular formula is C10H8BrClN2O2. The Morgan fingerprint density at radius 1 is 1.50 bits per heavy atom. The van der Waals surface area contributed by atoms with Crippen LogP contribution in [0.3, 0.4) is 0 Å². The first-order valence-electron chi connectivity index (χ1n) is 4.35. The molecule has 0 aliphatic heterocycles. The molecule has 6 heteroatoms. The molecule has 0 aromatic heterocycles. The van der Waals surface area contributed by atoms with Crippen molar-refractivity contribution in [3.8, 4) is 0 Å². The van der Waals surface area contributed by atoms with Crippen LogP contribution < -0.4 is 0 Å². The van der Waals surface area contributed by atoms with Crippen molar-refractivity contribution in [2.75, 3.05) is 0 Å². The number of halogens is 2. The Morgan fingerprint density at radius 3 is 2.56 bits per heavy atom. The maximum Gasteiger partial charge on any atom is 0.324 e. The lowest BCUT2D eigenvalue weighted by Crippen LogP contribution is -2.24. The van der Waals surface area contributed by atoms with Crippen LogP contribution in [0.5, 0.6) is 0 Å². The number of aliphatic hydroxyl groups excluding tert-OH is 1. The number of alkyl halides is 1. The predicted molar refractivity (Wildman–Crippen MR) is 63.4 cm³/mol. The van der Waals surface area contributed by atoms with Crippen molar-refractivity contribution >= 4 is 39.5 Å². The molecule has 16 heavy (non-hydrogen) atoms. The maximum atomic E-state index is 11.2. The number of benzene rings is 1. The topological polar surface area (TPSA) is 73.7 Å². The fourth-order valence-electron chi connectivity index (χ4n) is 1.11. The second-order valence-corrected chi connectivity index (χ2v) is 4.43. The summed E-state index contributed by atoms with van der Waals surface area (Å²) in [6.07, 6.45) is -0.472. The van der Waals surface area contributed by atoms with Gasteiger partial charge in [0.15, 0.2) is 0 Å². The molecular weight excluding hydrogens is 295 g/mol. The summed E-state index contributed by atoms with van der Waals surface area (Å²) in [5, 5.41) is 8.60. The average Bonchev–Trinajstić information content (AvgIpc) is 2.28. The molecule has 0 spiro atoms. The Labute approximate surface area is 106 Å². The highest BCUT2D eigenvalue weighted by Crippen LogP contribution is 2.23. The van der Waals surface area contributed by atoms with E-state index < -0.39 is 17.3 Å². The molecule has 0 saturated carbocycles. The lowest BCUT2D eigenvalue weighted by molar-refractivity contribution is -0.117. The molecule has 1 N–H and O–H groups in total. The quantitative estimate of drug-likeness (QED) is 0.399. The summed E-state index contributed by atoms with van der Waals surface area (Å²) in [5.41, 5.74) is 8.69. The maximum absolute atomic E-state index is 11.2. The van der Waals surface area contributed by atoms with E-state index in [0.717, 1.165) is 4.47 Å². The Bertz CT molecular complexity index is 429. The fourth-order valence-corrected chi connectivity index (χ4v) is 1.58. The van der Waals surface area contributed by atoms with E-state index >= 15 is 0 Å². The molecule has 0 unspecified atom stereocenters. The van der Waals surface area contributed by atoms with Crippen molar-refractivity contribution in [3.63, 3.8) is 0 Å². The number of hydrogen-bond donors (Lipinski definition) is 1. The SMILES string of the molecule is [N-]=[N+]=CC(=O)[C@@H](Cl)[C@@H](O)c1ccc(Br)cc1. The van der Waals surface area contributed by atoms with Crippen LogP contribution in [0.1, 0.15) is 11.7 Å². The molecule has 0 amide bonds. The molecule has 0 heterocycles. The van der Waals surface area contributed by atoms with Gasteiger partial charge in [0.1, 0.15) is 11.5 Å². The summed E-state index contributed by atoms with van der Waals surface area (Å²) in [6.45, 7) is 0. The van der Waals surface area contributed by atoms with Crippen molar-refractivity contribution < 1.29 is 14.7 Å². The van der Waals surface area contributed by atoms with Gasteiger partial charge in [0.2, 0.25) is 0 Å². The van der Waals surface area contributed by atoms with Gasteiger partial charge < -0.3 is 10.6 Å². The van der Waals surface area contributed by atoms with E-state index in [1.807, 2.05) is 0 Å². The summed E-state index contributed by atoms with van der Waals surface area (Å²) in [6, 6.07) is 6.75. The smallest absolute Gasteiger partial charge is 0.324 e. The molecule has 0 bridgehead atoms. The Hall–Kier alpha value is -1.000.